The van der Waals surface area contributed by atoms with Gasteiger partial charge in [-0.15, -0.1) is 5.16 Å². The predicted molar refractivity (Wildman–Crippen MR) is 134 cm³/mol. The van der Waals surface area contributed by atoms with Gasteiger partial charge in [-0.3, -0.25) is 0 Å². The van der Waals surface area contributed by atoms with Crippen LogP contribution in [0.4, 0.5) is 0 Å². The zero-order valence-electron chi connectivity index (χ0n) is 17.5. The Morgan fingerprint density at radius 1 is 0.656 bits per heavy atom. The molecule has 0 saturated heterocycles. The van der Waals surface area contributed by atoms with Gasteiger partial charge in [0.1, 0.15) is 0 Å². The molecule has 0 spiro atoms. The molecule has 0 unspecified atom stereocenters. The maximum absolute atomic E-state index is 8.93. The molecule has 4 aromatic carbocycles. The first kappa shape index (κ1) is 21.0. The standard InChI is InChI=1S/C28H22N2OSi/c29-23-25-20-18-24(19-21-25)11-10-22-30-31-32(26-12-4-1-5-13-26,27-14-6-2-7-15-27)28-16-8-3-9-17-28/h1-22H. The fourth-order valence-electron chi connectivity index (χ4n) is 3.64. The quantitative estimate of drug-likeness (QED) is 0.191. The number of oxime groups is 1. The van der Waals surface area contributed by atoms with Crippen molar-refractivity contribution in [3.05, 3.63) is 132 Å². The summed E-state index contributed by atoms with van der Waals surface area (Å²) < 4.78 is 6.48. The number of hydrogen-bond donors (Lipinski definition) is 0. The van der Waals surface area contributed by atoms with Crippen LogP contribution < -0.4 is 15.6 Å². The molecule has 0 atom stereocenters. The Hall–Kier alpha value is -4.20. The van der Waals surface area contributed by atoms with E-state index in [4.69, 9.17) is 9.79 Å². The van der Waals surface area contributed by atoms with Crippen molar-refractivity contribution in [3.8, 4) is 6.07 Å². The van der Waals surface area contributed by atoms with E-state index in [0.29, 0.717) is 5.56 Å². The smallest absolute Gasteiger partial charge is 0.380 e. The highest BCUT2D eigenvalue weighted by atomic mass is 28.4. The first-order valence-corrected chi connectivity index (χ1v) is 12.3. The monoisotopic (exact) mass is 430 g/mol. The van der Waals surface area contributed by atoms with E-state index in [1.54, 1.807) is 18.3 Å². The molecule has 0 amide bonds. The van der Waals surface area contributed by atoms with Crippen LogP contribution in [0.1, 0.15) is 11.1 Å². The first-order valence-electron chi connectivity index (χ1n) is 10.4. The summed E-state index contributed by atoms with van der Waals surface area (Å²) in [6, 6.07) is 40.5. The minimum atomic E-state index is -2.83. The second-order valence-electron chi connectivity index (χ2n) is 7.22. The lowest BCUT2D eigenvalue weighted by Crippen LogP contribution is -2.68. The van der Waals surface area contributed by atoms with Gasteiger partial charge in [0, 0.05) is 0 Å². The van der Waals surface area contributed by atoms with Gasteiger partial charge in [0.15, 0.2) is 0 Å². The third-order valence-electron chi connectivity index (χ3n) is 5.21. The second kappa shape index (κ2) is 10.2. The van der Waals surface area contributed by atoms with Crippen molar-refractivity contribution in [3.63, 3.8) is 0 Å². The molecule has 4 heteroatoms. The molecule has 0 saturated carbocycles. The van der Waals surface area contributed by atoms with Crippen molar-refractivity contribution in [2.24, 2.45) is 5.16 Å². The largest absolute Gasteiger partial charge is 0.438 e. The Balaban J connectivity index is 1.70. The van der Waals surface area contributed by atoms with Crippen molar-refractivity contribution in [2.45, 2.75) is 0 Å². The Kier molecular flexibility index (Phi) is 6.71. The average Bonchev–Trinajstić information content (AvgIpc) is 2.88. The summed E-state index contributed by atoms with van der Waals surface area (Å²) in [5.41, 5.74) is 1.64. The van der Waals surface area contributed by atoms with Gasteiger partial charge < -0.3 is 4.53 Å². The molecule has 0 heterocycles. The molecule has 4 rings (SSSR count). The number of benzene rings is 4. The number of allylic oxidation sites excluding steroid dienone is 1. The highest BCUT2D eigenvalue weighted by Gasteiger charge is 2.44. The second-order valence-corrected chi connectivity index (χ2v) is 10.5. The van der Waals surface area contributed by atoms with E-state index in [1.165, 1.54) is 0 Å². The Morgan fingerprint density at radius 2 is 1.12 bits per heavy atom. The van der Waals surface area contributed by atoms with Crippen LogP contribution in [0, 0.1) is 11.3 Å². The predicted octanol–water partition coefficient (Wildman–Crippen LogP) is 4.24. The van der Waals surface area contributed by atoms with Gasteiger partial charge in [-0.25, -0.2) is 0 Å². The highest BCUT2D eigenvalue weighted by Crippen LogP contribution is 2.10. The highest BCUT2D eigenvalue weighted by molar-refractivity contribution is 7.07. The average molecular weight is 431 g/mol. The molecule has 0 aliphatic rings. The van der Waals surface area contributed by atoms with Crippen LogP contribution in [-0.2, 0) is 4.53 Å². The molecule has 0 fully saturated rings. The van der Waals surface area contributed by atoms with Crippen LogP contribution in [0.15, 0.2) is 126 Å². The third-order valence-corrected chi connectivity index (χ3v) is 9.02. The van der Waals surface area contributed by atoms with E-state index in [1.807, 2.05) is 78.9 Å². The molecule has 154 valence electrons. The Labute approximate surface area is 189 Å². The minimum Gasteiger partial charge on any atom is -0.438 e. The number of rotatable bonds is 7. The first-order chi connectivity index (χ1) is 15.8. The van der Waals surface area contributed by atoms with Gasteiger partial charge >= 0.3 is 8.32 Å². The van der Waals surface area contributed by atoms with E-state index >= 15 is 0 Å². The van der Waals surface area contributed by atoms with Crippen LogP contribution in [0.3, 0.4) is 0 Å². The fraction of sp³-hybridized carbons (Fsp3) is 0. The van der Waals surface area contributed by atoms with E-state index in [-0.39, 0.29) is 0 Å². The van der Waals surface area contributed by atoms with Crippen LogP contribution in [0.2, 0.25) is 0 Å². The Morgan fingerprint density at radius 3 is 1.56 bits per heavy atom. The molecule has 0 radical (unpaired) electrons. The van der Waals surface area contributed by atoms with Crippen LogP contribution in [0.25, 0.3) is 6.08 Å². The molecule has 4 aromatic rings. The van der Waals surface area contributed by atoms with E-state index in [9.17, 15) is 0 Å². The molecule has 0 aliphatic heterocycles. The summed E-state index contributed by atoms with van der Waals surface area (Å²) in [4.78, 5) is 0. The summed E-state index contributed by atoms with van der Waals surface area (Å²) in [5, 5.41) is 16.7. The molecular formula is C28H22N2OSi. The molecule has 0 aliphatic carbocycles. The summed E-state index contributed by atoms with van der Waals surface area (Å²) in [7, 11) is -2.83. The third kappa shape index (κ3) is 4.59. The van der Waals surface area contributed by atoms with E-state index < -0.39 is 8.32 Å². The van der Waals surface area contributed by atoms with Gasteiger partial charge in [-0.05, 0) is 39.3 Å². The van der Waals surface area contributed by atoms with Gasteiger partial charge in [-0.1, -0.05) is 109 Å². The van der Waals surface area contributed by atoms with E-state index in [2.05, 4.69) is 47.6 Å². The lowest BCUT2D eigenvalue weighted by Gasteiger charge is -2.29. The van der Waals surface area contributed by atoms with Gasteiger partial charge in [0.2, 0.25) is 0 Å². The number of nitrogens with zero attached hydrogens (tertiary/aromatic N) is 2. The van der Waals surface area contributed by atoms with Crippen molar-refractivity contribution >= 4 is 36.2 Å². The molecule has 32 heavy (non-hydrogen) atoms. The lowest BCUT2D eigenvalue weighted by atomic mass is 10.1. The van der Waals surface area contributed by atoms with Crippen molar-refractivity contribution in [2.75, 3.05) is 0 Å². The minimum absolute atomic E-state index is 0.642. The molecule has 0 N–H and O–H groups in total. The van der Waals surface area contributed by atoms with E-state index in [0.717, 1.165) is 21.1 Å². The van der Waals surface area contributed by atoms with Gasteiger partial charge in [0.25, 0.3) is 0 Å². The zero-order valence-corrected chi connectivity index (χ0v) is 18.5. The SMILES string of the molecule is N#Cc1ccc(C=CC=NO[Si](c2ccccc2)(c2ccccc2)c2ccccc2)cc1. The fourth-order valence-corrected chi connectivity index (χ4v) is 7.17. The van der Waals surface area contributed by atoms with Gasteiger partial charge in [-0.2, -0.15) is 5.26 Å². The zero-order chi connectivity index (χ0) is 22.1. The number of hydrogen-bond acceptors (Lipinski definition) is 3. The summed E-state index contributed by atoms with van der Waals surface area (Å²) in [5.74, 6) is 0. The van der Waals surface area contributed by atoms with Crippen molar-refractivity contribution in [1.82, 2.24) is 0 Å². The van der Waals surface area contributed by atoms with Crippen LogP contribution in [0.5, 0.6) is 0 Å². The van der Waals surface area contributed by atoms with Crippen LogP contribution in [-0.4, -0.2) is 14.5 Å². The molecule has 0 bridgehead atoms. The summed E-state index contributed by atoms with van der Waals surface area (Å²) in [6.07, 6.45) is 5.46. The molecular weight excluding hydrogens is 408 g/mol. The topological polar surface area (TPSA) is 45.4 Å². The summed E-state index contributed by atoms with van der Waals surface area (Å²) >= 11 is 0. The number of nitriles is 1. The lowest BCUT2D eigenvalue weighted by molar-refractivity contribution is 0.352. The molecule has 3 nitrogen and oxygen atoms in total. The Bertz CT molecular complexity index is 1130. The maximum atomic E-state index is 8.93. The van der Waals surface area contributed by atoms with Gasteiger partial charge in [0.05, 0.1) is 17.8 Å². The van der Waals surface area contributed by atoms with Crippen molar-refractivity contribution < 1.29 is 4.53 Å². The maximum Gasteiger partial charge on any atom is 0.380 e. The summed E-state index contributed by atoms with van der Waals surface area (Å²) in [6.45, 7) is 0. The normalized spacial score (nSPS) is 11.5. The van der Waals surface area contributed by atoms with Crippen LogP contribution >= 0.6 is 0 Å². The molecule has 0 aromatic heterocycles. The van der Waals surface area contributed by atoms with Crippen molar-refractivity contribution in [1.29, 1.82) is 5.26 Å².